The summed E-state index contributed by atoms with van der Waals surface area (Å²) in [6.45, 7) is 5.79. The van der Waals surface area contributed by atoms with Gasteiger partial charge in [0.2, 0.25) is 0 Å². The van der Waals surface area contributed by atoms with Crippen LogP contribution in [0.3, 0.4) is 0 Å². The van der Waals surface area contributed by atoms with Gasteiger partial charge in [-0.3, -0.25) is 0 Å². The number of benzene rings is 1. The van der Waals surface area contributed by atoms with Crippen LogP contribution in [0.5, 0.6) is 5.75 Å². The highest BCUT2D eigenvalue weighted by Crippen LogP contribution is 2.47. The number of piperidine rings is 1. The van der Waals surface area contributed by atoms with Gasteiger partial charge in [-0.25, -0.2) is 0 Å². The number of hydrogen-bond acceptors (Lipinski definition) is 2. The van der Waals surface area contributed by atoms with Crippen molar-refractivity contribution in [3.63, 3.8) is 0 Å². The maximum absolute atomic E-state index is 9.98. The first-order valence-electron chi connectivity index (χ1n) is 6.17. The first-order chi connectivity index (χ1) is 7.63. The molecule has 2 bridgehead atoms. The maximum atomic E-state index is 9.98. The van der Waals surface area contributed by atoms with Crippen molar-refractivity contribution in [2.75, 3.05) is 6.54 Å². The molecule has 1 aliphatic carbocycles. The average molecular weight is 217 g/mol. The second kappa shape index (κ2) is 3.24. The van der Waals surface area contributed by atoms with E-state index in [4.69, 9.17) is 0 Å². The fourth-order valence-corrected chi connectivity index (χ4v) is 3.54. The number of hydrogen-bond donors (Lipinski definition) is 2. The number of rotatable bonds is 0. The molecule has 0 saturated carbocycles. The highest BCUT2D eigenvalue weighted by atomic mass is 16.3. The Labute approximate surface area is 96.7 Å². The molecule has 2 aliphatic rings. The van der Waals surface area contributed by atoms with Crippen molar-refractivity contribution < 1.29 is 5.11 Å². The Morgan fingerprint density at radius 1 is 1.44 bits per heavy atom. The van der Waals surface area contributed by atoms with Crippen molar-refractivity contribution >= 4 is 0 Å². The Kier molecular flexibility index (Phi) is 2.05. The standard InChI is InChI=1S/C14H19NO/c1-9-12-8-10-11(4-3-5-13(10)16)14(9,2)6-7-15-12/h3-5,9,12,15-16H,6-8H2,1-2H3/t9-,12+,14+/m0/s1. The zero-order valence-corrected chi connectivity index (χ0v) is 9.96. The predicted octanol–water partition coefficient (Wildman–Crippen LogP) is 2.20. The van der Waals surface area contributed by atoms with Crippen LogP contribution in [0.25, 0.3) is 0 Å². The van der Waals surface area contributed by atoms with Crippen molar-refractivity contribution in [1.29, 1.82) is 0 Å². The molecule has 0 amide bonds. The first-order valence-corrected chi connectivity index (χ1v) is 6.17. The van der Waals surface area contributed by atoms with Crippen LogP contribution in [0.2, 0.25) is 0 Å². The minimum Gasteiger partial charge on any atom is -0.508 e. The van der Waals surface area contributed by atoms with Gasteiger partial charge in [0.15, 0.2) is 0 Å². The molecule has 3 rings (SSSR count). The molecule has 0 spiro atoms. The predicted molar refractivity (Wildman–Crippen MR) is 64.7 cm³/mol. The van der Waals surface area contributed by atoms with Crippen molar-refractivity contribution in [3.8, 4) is 5.75 Å². The Morgan fingerprint density at radius 2 is 2.25 bits per heavy atom. The summed E-state index contributed by atoms with van der Waals surface area (Å²) in [5.74, 6) is 1.12. The Morgan fingerprint density at radius 3 is 3.06 bits per heavy atom. The summed E-state index contributed by atoms with van der Waals surface area (Å²) in [5, 5.41) is 13.6. The van der Waals surface area contributed by atoms with E-state index in [1.165, 1.54) is 17.5 Å². The number of nitrogens with one attached hydrogen (secondary N) is 1. The van der Waals surface area contributed by atoms with E-state index in [9.17, 15) is 5.11 Å². The lowest BCUT2D eigenvalue weighted by molar-refractivity contribution is 0.156. The Hall–Kier alpha value is -1.02. The highest BCUT2D eigenvalue weighted by molar-refractivity contribution is 5.47. The van der Waals surface area contributed by atoms with Crippen LogP contribution >= 0.6 is 0 Å². The summed E-state index contributed by atoms with van der Waals surface area (Å²) in [6.07, 6.45) is 2.14. The third-order valence-electron chi connectivity index (χ3n) is 4.85. The fraction of sp³-hybridized carbons (Fsp3) is 0.571. The molecule has 0 unspecified atom stereocenters. The van der Waals surface area contributed by atoms with Crippen LogP contribution in [0.1, 0.15) is 31.4 Å². The zero-order chi connectivity index (χ0) is 11.3. The summed E-state index contributed by atoms with van der Waals surface area (Å²) in [5.41, 5.74) is 2.78. The molecule has 1 fully saturated rings. The summed E-state index contributed by atoms with van der Waals surface area (Å²) in [4.78, 5) is 0. The SMILES string of the molecule is C[C@H]1[C@H]2Cc3c(O)cccc3[C@]1(C)CCN2. The second-order valence-corrected chi connectivity index (χ2v) is 5.52. The molecule has 1 saturated heterocycles. The number of fused-ring (bicyclic) bond motifs is 4. The topological polar surface area (TPSA) is 32.3 Å². The molecule has 0 radical (unpaired) electrons. The van der Waals surface area contributed by atoms with Crippen molar-refractivity contribution in [1.82, 2.24) is 5.32 Å². The average Bonchev–Trinajstić information content (AvgIpc) is 2.24. The van der Waals surface area contributed by atoms with Crippen LogP contribution in [-0.2, 0) is 11.8 Å². The first kappa shape index (κ1) is 10.2. The molecule has 86 valence electrons. The van der Waals surface area contributed by atoms with E-state index in [-0.39, 0.29) is 5.41 Å². The van der Waals surface area contributed by atoms with Gasteiger partial charge in [0, 0.05) is 6.04 Å². The minimum absolute atomic E-state index is 0.238. The lowest BCUT2D eigenvalue weighted by atomic mass is 9.59. The minimum atomic E-state index is 0.238. The van der Waals surface area contributed by atoms with Gasteiger partial charge < -0.3 is 10.4 Å². The number of phenolic OH excluding ortho intramolecular Hbond substituents is 1. The smallest absolute Gasteiger partial charge is 0.119 e. The third kappa shape index (κ3) is 1.17. The van der Waals surface area contributed by atoms with Crippen LogP contribution in [0, 0.1) is 5.92 Å². The molecule has 2 N–H and O–H groups in total. The van der Waals surface area contributed by atoms with Gasteiger partial charge in [0.05, 0.1) is 0 Å². The summed E-state index contributed by atoms with van der Waals surface area (Å²) in [7, 11) is 0. The van der Waals surface area contributed by atoms with Gasteiger partial charge in [-0.2, -0.15) is 0 Å². The lowest BCUT2D eigenvalue weighted by Gasteiger charge is -2.50. The van der Waals surface area contributed by atoms with E-state index in [2.05, 4.69) is 25.2 Å². The van der Waals surface area contributed by atoms with Crippen LogP contribution in [-0.4, -0.2) is 17.7 Å². The summed E-state index contributed by atoms with van der Waals surface area (Å²) >= 11 is 0. The van der Waals surface area contributed by atoms with E-state index in [0.717, 1.165) is 13.0 Å². The van der Waals surface area contributed by atoms with Crippen molar-refractivity contribution in [2.24, 2.45) is 5.92 Å². The molecule has 1 heterocycles. The van der Waals surface area contributed by atoms with E-state index in [1.807, 2.05) is 12.1 Å². The van der Waals surface area contributed by atoms with Gasteiger partial charge in [0.25, 0.3) is 0 Å². The second-order valence-electron chi connectivity index (χ2n) is 5.52. The quantitative estimate of drug-likeness (QED) is 0.698. The van der Waals surface area contributed by atoms with Gasteiger partial charge in [-0.05, 0) is 47.9 Å². The molecule has 2 nitrogen and oxygen atoms in total. The molecule has 16 heavy (non-hydrogen) atoms. The van der Waals surface area contributed by atoms with Crippen molar-refractivity contribution in [3.05, 3.63) is 29.3 Å². The van der Waals surface area contributed by atoms with E-state index < -0.39 is 0 Å². The monoisotopic (exact) mass is 217 g/mol. The Bertz CT molecular complexity index is 429. The summed E-state index contributed by atoms with van der Waals surface area (Å²) < 4.78 is 0. The molecule has 1 aromatic carbocycles. The highest BCUT2D eigenvalue weighted by Gasteiger charge is 2.45. The van der Waals surface area contributed by atoms with Crippen LogP contribution in [0.4, 0.5) is 0 Å². The number of aromatic hydroxyl groups is 1. The molecular formula is C14H19NO. The van der Waals surface area contributed by atoms with E-state index in [0.29, 0.717) is 17.7 Å². The largest absolute Gasteiger partial charge is 0.508 e. The molecule has 3 atom stereocenters. The van der Waals surface area contributed by atoms with Crippen molar-refractivity contribution in [2.45, 2.75) is 38.1 Å². The van der Waals surface area contributed by atoms with Gasteiger partial charge >= 0.3 is 0 Å². The van der Waals surface area contributed by atoms with E-state index in [1.54, 1.807) is 0 Å². The summed E-state index contributed by atoms with van der Waals surface area (Å²) in [6, 6.07) is 6.52. The molecule has 2 heteroatoms. The molecule has 1 aliphatic heterocycles. The van der Waals surface area contributed by atoms with Gasteiger partial charge in [-0.1, -0.05) is 26.0 Å². The molecule has 1 aromatic rings. The Balaban J connectivity index is 2.21. The maximum Gasteiger partial charge on any atom is 0.119 e. The van der Waals surface area contributed by atoms with Gasteiger partial charge in [-0.15, -0.1) is 0 Å². The fourth-order valence-electron chi connectivity index (χ4n) is 3.54. The lowest BCUT2D eigenvalue weighted by Crippen LogP contribution is -2.56. The normalized spacial score (nSPS) is 36.9. The van der Waals surface area contributed by atoms with Gasteiger partial charge in [0.1, 0.15) is 5.75 Å². The third-order valence-corrected chi connectivity index (χ3v) is 4.85. The van der Waals surface area contributed by atoms with E-state index >= 15 is 0 Å². The van der Waals surface area contributed by atoms with Crippen LogP contribution < -0.4 is 5.32 Å². The molecule has 0 aromatic heterocycles. The zero-order valence-electron chi connectivity index (χ0n) is 9.96. The van der Waals surface area contributed by atoms with Crippen LogP contribution in [0.15, 0.2) is 18.2 Å². The number of phenols is 1. The molecular weight excluding hydrogens is 198 g/mol.